The van der Waals surface area contributed by atoms with E-state index >= 15 is 0 Å². The Kier molecular flexibility index (Phi) is 3.64. The van der Waals surface area contributed by atoms with Crippen molar-refractivity contribution in [3.8, 4) is 0 Å². The zero-order valence-electron chi connectivity index (χ0n) is 9.49. The molecule has 0 aliphatic carbocycles. The first-order chi connectivity index (χ1) is 8.15. The summed E-state index contributed by atoms with van der Waals surface area (Å²) < 4.78 is 12.7. The highest BCUT2D eigenvalue weighted by molar-refractivity contribution is 5.97. The summed E-state index contributed by atoms with van der Waals surface area (Å²) in [5, 5.41) is 0. The van der Waals surface area contributed by atoms with Crippen molar-refractivity contribution in [2.45, 2.75) is 12.8 Å². The van der Waals surface area contributed by atoms with E-state index in [4.69, 9.17) is 0 Å². The number of benzene rings is 1. The van der Waals surface area contributed by atoms with Gasteiger partial charge in [0, 0.05) is 31.5 Å². The summed E-state index contributed by atoms with van der Waals surface area (Å²) in [5.74, 6) is -0.111. The molecule has 0 amide bonds. The lowest BCUT2D eigenvalue weighted by Gasteiger charge is -2.24. The first-order valence-electron chi connectivity index (χ1n) is 5.68. The number of carbonyl (C=O) groups is 2. The van der Waals surface area contributed by atoms with Crippen LogP contribution in [-0.4, -0.2) is 36.1 Å². The third kappa shape index (κ3) is 3.20. The number of nitrogens with zero attached hydrogens (tertiary/aromatic N) is 1. The number of hydrogen-bond acceptors (Lipinski definition) is 3. The molecule has 1 saturated heterocycles. The molecule has 0 spiro atoms. The second kappa shape index (κ2) is 5.19. The predicted octanol–water partition coefficient (Wildman–Crippen LogP) is 1.67. The van der Waals surface area contributed by atoms with Crippen LogP contribution >= 0.6 is 0 Å². The Hall–Kier alpha value is -1.55. The lowest BCUT2D eigenvalue weighted by Crippen LogP contribution is -2.37. The minimum Gasteiger partial charge on any atom is -0.300 e. The minimum atomic E-state index is -0.342. The normalized spacial score (nSPS) is 17.1. The Balaban J connectivity index is 1.93. The lowest BCUT2D eigenvalue weighted by molar-refractivity contribution is -0.121. The van der Waals surface area contributed by atoms with Gasteiger partial charge in [-0.25, -0.2) is 4.39 Å². The predicted molar refractivity (Wildman–Crippen MR) is 61.4 cm³/mol. The van der Waals surface area contributed by atoms with Gasteiger partial charge in [-0.2, -0.15) is 0 Å². The van der Waals surface area contributed by atoms with E-state index < -0.39 is 0 Å². The first-order valence-corrected chi connectivity index (χ1v) is 5.68. The maximum absolute atomic E-state index is 12.7. The molecular weight excluding hydrogens is 221 g/mol. The molecule has 17 heavy (non-hydrogen) atoms. The smallest absolute Gasteiger partial charge is 0.176 e. The summed E-state index contributed by atoms with van der Waals surface area (Å²) in [4.78, 5) is 24.9. The summed E-state index contributed by atoms with van der Waals surface area (Å²) in [6.07, 6.45) is 1.05. The maximum Gasteiger partial charge on any atom is 0.176 e. The summed E-state index contributed by atoms with van der Waals surface area (Å²) in [6, 6.07) is 5.56. The third-order valence-corrected chi connectivity index (χ3v) is 2.95. The van der Waals surface area contributed by atoms with Crippen molar-refractivity contribution in [3.63, 3.8) is 0 Å². The van der Waals surface area contributed by atoms with E-state index in [0.29, 0.717) is 38.0 Å². The monoisotopic (exact) mass is 235 g/mol. The van der Waals surface area contributed by atoms with Crippen molar-refractivity contribution in [1.82, 2.24) is 4.90 Å². The average molecular weight is 235 g/mol. The summed E-state index contributed by atoms with van der Waals surface area (Å²) in [7, 11) is 0. The van der Waals surface area contributed by atoms with Gasteiger partial charge in [0.2, 0.25) is 0 Å². The fourth-order valence-electron chi connectivity index (χ4n) is 1.89. The topological polar surface area (TPSA) is 37.4 Å². The van der Waals surface area contributed by atoms with Crippen LogP contribution in [0.25, 0.3) is 0 Å². The molecule has 1 aromatic carbocycles. The number of likely N-dealkylation sites (tertiary alicyclic amines) is 1. The van der Waals surface area contributed by atoms with Gasteiger partial charge in [0.05, 0.1) is 6.54 Å². The van der Waals surface area contributed by atoms with Gasteiger partial charge in [0.25, 0.3) is 0 Å². The standard InChI is InChI=1S/C13H14FNO2/c14-11-3-1-10(2-4-11)13(17)9-15-7-5-12(16)6-8-15/h1-4H,5-9H2. The van der Waals surface area contributed by atoms with Gasteiger partial charge in [0.15, 0.2) is 5.78 Å². The molecule has 0 unspecified atom stereocenters. The molecule has 0 saturated carbocycles. The highest BCUT2D eigenvalue weighted by atomic mass is 19.1. The summed E-state index contributed by atoms with van der Waals surface area (Å²) >= 11 is 0. The van der Waals surface area contributed by atoms with Crippen LogP contribution in [0, 0.1) is 5.82 Å². The Morgan fingerprint density at radius 2 is 1.76 bits per heavy atom. The van der Waals surface area contributed by atoms with Gasteiger partial charge in [-0.3, -0.25) is 14.5 Å². The molecule has 0 radical (unpaired) electrons. The van der Waals surface area contributed by atoms with Gasteiger partial charge >= 0.3 is 0 Å². The van der Waals surface area contributed by atoms with E-state index in [1.807, 2.05) is 4.90 Å². The molecule has 2 rings (SSSR count). The maximum atomic E-state index is 12.7. The number of hydrogen-bond donors (Lipinski definition) is 0. The zero-order chi connectivity index (χ0) is 12.3. The van der Waals surface area contributed by atoms with Crippen LogP contribution in [0.2, 0.25) is 0 Å². The summed E-state index contributed by atoms with van der Waals surface area (Å²) in [5.41, 5.74) is 0.517. The number of halogens is 1. The second-order valence-electron chi connectivity index (χ2n) is 4.24. The van der Waals surface area contributed by atoms with Crippen molar-refractivity contribution in [1.29, 1.82) is 0 Å². The van der Waals surface area contributed by atoms with Crippen LogP contribution < -0.4 is 0 Å². The molecule has 90 valence electrons. The van der Waals surface area contributed by atoms with Crippen molar-refractivity contribution < 1.29 is 14.0 Å². The van der Waals surface area contributed by atoms with Gasteiger partial charge in [-0.05, 0) is 24.3 Å². The van der Waals surface area contributed by atoms with E-state index in [9.17, 15) is 14.0 Å². The average Bonchev–Trinajstić information content (AvgIpc) is 2.33. The first kappa shape index (κ1) is 11.9. The molecule has 1 aliphatic heterocycles. The van der Waals surface area contributed by atoms with Gasteiger partial charge in [-0.15, -0.1) is 0 Å². The van der Waals surface area contributed by atoms with Gasteiger partial charge in [0.1, 0.15) is 11.6 Å². The van der Waals surface area contributed by atoms with Crippen LogP contribution in [0.1, 0.15) is 23.2 Å². The van der Waals surface area contributed by atoms with E-state index in [1.165, 1.54) is 24.3 Å². The number of rotatable bonds is 3. The molecular formula is C13H14FNO2. The van der Waals surface area contributed by atoms with Gasteiger partial charge < -0.3 is 0 Å². The minimum absolute atomic E-state index is 0.0284. The zero-order valence-corrected chi connectivity index (χ0v) is 9.49. The molecule has 1 fully saturated rings. The number of Topliss-reactive ketones (excluding diaryl/α,β-unsaturated/α-hetero) is 2. The van der Waals surface area contributed by atoms with Crippen LogP contribution in [0.5, 0.6) is 0 Å². The quantitative estimate of drug-likeness (QED) is 0.748. The molecule has 1 aliphatic rings. The van der Waals surface area contributed by atoms with Gasteiger partial charge in [-0.1, -0.05) is 0 Å². The number of piperidine rings is 1. The Bertz CT molecular complexity index is 418. The van der Waals surface area contributed by atoms with Crippen LogP contribution in [0.3, 0.4) is 0 Å². The fourth-order valence-corrected chi connectivity index (χ4v) is 1.89. The molecule has 3 nitrogen and oxygen atoms in total. The molecule has 1 aromatic rings. The van der Waals surface area contributed by atoms with Crippen molar-refractivity contribution in [2.24, 2.45) is 0 Å². The number of carbonyl (C=O) groups excluding carboxylic acids is 2. The van der Waals surface area contributed by atoms with Crippen LogP contribution in [-0.2, 0) is 4.79 Å². The molecule has 0 bridgehead atoms. The second-order valence-corrected chi connectivity index (χ2v) is 4.24. The Labute approximate surface area is 99.2 Å². The Morgan fingerprint density at radius 1 is 1.18 bits per heavy atom. The van der Waals surface area contributed by atoms with Crippen LogP contribution in [0.15, 0.2) is 24.3 Å². The SMILES string of the molecule is O=C1CCN(CC(=O)c2ccc(F)cc2)CC1. The third-order valence-electron chi connectivity index (χ3n) is 2.95. The number of ketones is 2. The van der Waals surface area contributed by atoms with E-state index in [-0.39, 0.29) is 17.4 Å². The molecule has 4 heteroatoms. The van der Waals surface area contributed by atoms with E-state index in [1.54, 1.807) is 0 Å². The highest BCUT2D eigenvalue weighted by Crippen LogP contribution is 2.09. The Morgan fingerprint density at radius 3 is 2.35 bits per heavy atom. The van der Waals surface area contributed by atoms with E-state index in [0.717, 1.165) is 0 Å². The molecule has 0 atom stereocenters. The van der Waals surface area contributed by atoms with Crippen molar-refractivity contribution in [3.05, 3.63) is 35.6 Å². The molecule has 0 N–H and O–H groups in total. The van der Waals surface area contributed by atoms with Crippen molar-refractivity contribution in [2.75, 3.05) is 19.6 Å². The fraction of sp³-hybridized carbons (Fsp3) is 0.385. The van der Waals surface area contributed by atoms with Crippen molar-refractivity contribution >= 4 is 11.6 Å². The van der Waals surface area contributed by atoms with Crippen LogP contribution in [0.4, 0.5) is 4.39 Å². The van der Waals surface area contributed by atoms with E-state index in [2.05, 4.69) is 0 Å². The molecule has 0 aromatic heterocycles. The summed E-state index contributed by atoms with van der Waals surface area (Å²) in [6.45, 7) is 1.59. The lowest BCUT2D eigenvalue weighted by atomic mass is 10.1. The highest BCUT2D eigenvalue weighted by Gasteiger charge is 2.18. The molecule has 1 heterocycles. The largest absolute Gasteiger partial charge is 0.300 e.